The molecule has 2 aliphatic rings. The van der Waals surface area contributed by atoms with Crippen molar-refractivity contribution in [1.29, 1.82) is 0 Å². The summed E-state index contributed by atoms with van der Waals surface area (Å²) >= 11 is 6.82. The predicted octanol–water partition coefficient (Wildman–Crippen LogP) is 6.63. The molecule has 0 saturated heterocycles. The molecule has 0 fully saturated rings. The number of nitrogens with zero attached hydrogens (tertiary/aromatic N) is 5. The summed E-state index contributed by atoms with van der Waals surface area (Å²) in [7, 11) is 1.84. The van der Waals surface area contributed by atoms with Gasteiger partial charge in [-0.1, -0.05) is 35.9 Å². The van der Waals surface area contributed by atoms with E-state index in [0.29, 0.717) is 11.6 Å². The maximum atomic E-state index is 13.1. The fourth-order valence-electron chi connectivity index (χ4n) is 6.91. The Morgan fingerprint density at radius 3 is 2.86 bits per heavy atom. The van der Waals surface area contributed by atoms with E-state index in [-0.39, 0.29) is 30.5 Å². The van der Waals surface area contributed by atoms with Crippen LogP contribution >= 0.6 is 11.6 Å². The van der Waals surface area contributed by atoms with Gasteiger partial charge in [-0.05, 0) is 98.0 Å². The zero-order chi connectivity index (χ0) is 30.2. The fraction of sp³-hybridized carbons (Fsp3) is 0.471. The van der Waals surface area contributed by atoms with Crippen molar-refractivity contribution >= 4 is 28.6 Å². The van der Waals surface area contributed by atoms with Crippen LogP contribution in [0.5, 0.6) is 5.75 Å². The van der Waals surface area contributed by atoms with Crippen LogP contribution < -0.4 is 4.74 Å². The summed E-state index contributed by atoms with van der Waals surface area (Å²) in [5.74, 6) is 0.420. The zero-order valence-corrected chi connectivity index (χ0v) is 26.4. The number of ether oxygens (including phenoxy) is 2. The number of pyridine rings is 1. The third-order valence-corrected chi connectivity index (χ3v) is 9.50. The second kappa shape index (κ2) is 12.2. The molecule has 0 N–H and O–H groups in total. The normalized spacial score (nSPS) is 19.0. The van der Waals surface area contributed by atoms with Gasteiger partial charge in [0.15, 0.2) is 0 Å². The summed E-state index contributed by atoms with van der Waals surface area (Å²) < 4.78 is 13.6. The molecule has 226 valence electrons. The molecule has 0 spiro atoms. The number of hydrogen-bond donors (Lipinski definition) is 0. The maximum Gasteiger partial charge on any atom is 0.306 e. The Morgan fingerprint density at radius 2 is 2.07 bits per heavy atom. The highest BCUT2D eigenvalue weighted by molar-refractivity contribution is 6.35. The van der Waals surface area contributed by atoms with Gasteiger partial charge < -0.3 is 9.47 Å². The number of aryl methyl sites for hydroxylation is 3. The van der Waals surface area contributed by atoms with E-state index < -0.39 is 0 Å². The van der Waals surface area contributed by atoms with E-state index in [2.05, 4.69) is 41.2 Å². The molecule has 8 nitrogen and oxygen atoms in total. The third kappa shape index (κ3) is 5.63. The first-order valence-electron chi connectivity index (χ1n) is 15.4. The molecule has 0 amide bonds. The van der Waals surface area contributed by atoms with Crippen molar-refractivity contribution in [1.82, 2.24) is 24.9 Å². The molecule has 0 bridgehead atoms. The van der Waals surface area contributed by atoms with E-state index in [4.69, 9.17) is 26.1 Å². The first-order chi connectivity index (χ1) is 20.8. The SMILES string of the molecule is CCOC(=O)CC(c1cc2c(c(CN3C[C@@H](CC)Oc4cccnc4[C@@H]3C)c1)CCC2)c1cc(Cl)c2c(nnn2C)c1C. The topological polar surface area (TPSA) is 82.4 Å². The van der Waals surface area contributed by atoms with Gasteiger partial charge in [0.25, 0.3) is 0 Å². The van der Waals surface area contributed by atoms with Gasteiger partial charge in [0.2, 0.25) is 0 Å². The van der Waals surface area contributed by atoms with Gasteiger partial charge in [0.05, 0.1) is 29.8 Å². The standard InChI is InChI=1S/C34H40ClN5O3/c1-6-25-19-40(21(4)33-30(43-25)12-9-13-36-33)18-24-15-23(14-22-10-8-11-26(22)24)28(17-31(41)42-7-2)27-16-29(35)34-32(20(27)3)37-38-39(34)5/h9,12-16,21,25,28H,6-8,10-11,17-19H2,1-5H3/t21-,25+,28?/m0/s1. The van der Waals surface area contributed by atoms with Gasteiger partial charge in [0.1, 0.15) is 22.9 Å². The van der Waals surface area contributed by atoms with Crippen LogP contribution in [0.3, 0.4) is 0 Å². The molecule has 4 aromatic rings. The van der Waals surface area contributed by atoms with E-state index in [1.165, 1.54) is 16.7 Å². The molecule has 1 aliphatic heterocycles. The van der Waals surface area contributed by atoms with Gasteiger partial charge in [0, 0.05) is 32.3 Å². The number of esters is 1. The van der Waals surface area contributed by atoms with Crippen LogP contribution in [0.15, 0.2) is 36.5 Å². The summed E-state index contributed by atoms with van der Waals surface area (Å²) in [6, 6.07) is 10.7. The largest absolute Gasteiger partial charge is 0.487 e. The van der Waals surface area contributed by atoms with Crippen molar-refractivity contribution in [2.24, 2.45) is 7.05 Å². The third-order valence-electron chi connectivity index (χ3n) is 9.21. The lowest BCUT2D eigenvalue weighted by Crippen LogP contribution is -2.34. The van der Waals surface area contributed by atoms with E-state index >= 15 is 0 Å². The quantitative estimate of drug-likeness (QED) is 0.210. The van der Waals surface area contributed by atoms with Crippen molar-refractivity contribution in [3.8, 4) is 5.75 Å². The number of benzene rings is 2. The first-order valence-corrected chi connectivity index (χ1v) is 15.8. The molecule has 9 heteroatoms. The Labute approximate surface area is 258 Å². The smallest absolute Gasteiger partial charge is 0.306 e. The Morgan fingerprint density at radius 1 is 1.23 bits per heavy atom. The number of halogens is 1. The van der Waals surface area contributed by atoms with E-state index in [0.717, 1.165) is 77.9 Å². The van der Waals surface area contributed by atoms with Gasteiger partial charge in [-0.15, -0.1) is 5.10 Å². The molecule has 3 atom stereocenters. The van der Waals surface area contributed by atoms with E-state index in [9.17, 15) is 4.79 Å². The van der Waals surface area contributed by atoms with Crippen LogP contribution in [-0.4, -0.2) is 50.1 Å². The maximum absolute atomic E-state index is 13.1. The van der Waals surface area contributed by atoms with Gasteiger partial charge in [-0.25, -0.2) is 4.68 Å². The van der Waals surface area contributed by atoms with E-state index in [1.807, 2.05) is 45.3 Å². The van der Waals surface area contributed by atoms with Crippen LogP contribution in [0.1, 0.15) is 91.1 Å². The molecule has 1 unspecified atom stereocenters. The molecule has 2 aromatic carbocycles. The number of carbonyl (C=O) groups is 1. The Kier molecular flexibility index (Phi) is 8.42. The first kappa shape index (κ1) is 29.6. The summed E-state index contributed by atoms with van der Waals surface area (Å²) in [5, 5.41) is 9.22. The number of fused-ring (bicyclic) bond motifs is 3. The molecule has 3 heterocycles. The molecule has 1 aliphatic carbocycles. The van der Waals surface area contributed by atoms with Gasteiger partial charge >= 0.3 is 5.97 Å². The van der Waals surface area contributed by atoms with Crippen LogP contribution in [0.25, 0.3) is 11.0 Å². The Balaban J connectivity index is 1.44. The number of carbonyl (C=O) groups excluding carboxylic acids is 1. The minimum atomic E-state index is -0.233. The van der Waals surface area contributed by atoms with E-state index in [1.54, 1.807) is 4.68 Å². The second-order valence-corrected chi connectivity index (χ2v) is 12.3. The van der Waals surface area contributed by atoms with Crippen LogP contribution in [0, 0.1) is 6.92 Å². The van der Waals surface area contributed by atoms with Crippen molar-refractivity contribution in [3.63, 3.8) is 0 Å². The molecule has 0 radical (unpaired) electrons. The van der Waals surface area contributed by atoms with Crippen molar-refractivity contribution in [3.05, 3.63) is 80.6 Å². The van der Waals surface area contributed by atoms with Crippen molar-refractivity contribution in [2.75, 3.05) is 13.2 Å². The lowest BCUT2D eigenvalue weighted by Gasteiger charge is -2.30. The summed E-state index contributed by atoms with van der Waals surface area (Å²) in [4.78, 5) is 20.3. The average molecular weight is 602 g/mol. The van der Waals surface area contributed by atoms with Gasteiger partial charge in [-0.2, -0.15) is 0 Å². The molecular formula is C34H40ClN5O3. The summed E-state index contributed by atoms with van der Waals surface area (Å²) in [5.41, 5.74) is 9.72. The Bertz CT molecular complexity index is 1670. The molecule has 0 saturated carbocycles. The minimum Gasteiger partial charge on any atom is -0.487 e. The number of hydrogen-bond acceptors (Lipinski definition) is 7. The monoisotopic (exact) mass is 601 g/mol. The van der Waals surface area contributed by atoms with Crippen molar-refractivity contribution < 1.29 is 14.3 Å². The van der Waals surface area contributed by atoms with Gasteiger partial charge in [-0.3, -0.25) is 14.7 Å². The number of aromatic nitrogens is 4. The predicted molar refractivity (Wildman–Crippen MR) is 168 cm³/mol. The average Bonchev–Trinajstić information content (AvgIpc) is 3.61. The molecule has 43 heavy (non-hydrogen) atoms. The highest BCUT2D eigenvalue weighted by Gasteiger charge is 2.31. The fourth-order valence-corrected chi connectivity index (χ4v) is 7.24. The highest BCUT2D eigenvalue weighted by Crippen LogP contribution is 2.40. The minimum absolute atomic E-state index is 0.0872. The lowest BCUT2D eigenvalue weighted by molar-refractivity contribution is -0.143. The summed E-state index contributed by atoms with van der Waals surface area (Å²) in [6.45, 7) is 10.2. The highest BCUT2D eigenvalue weighted by atomic mass is 35.5. The van der Waals surface area contributed by atoms with Crippen LogP contribution in [-0.2, 0) is 36.0 Å². The van der Waals surface area contributed by atoms with Crippen LogP contribution in [0.4, 0.5) is 0 Å². The number of rotatable bonds is 8. The molecular weight excluding hydrogens is 562 g/mol. The van der Waals surface area contributed by atoms with Crippen molar-refractivity contribution in [2.45, 2.75) is 84.4 Å². The summed E-state index contributed by atoms with van der Waals surface area (Å²) in [6.07, 6.45) is 6.30. The molecule has 2 aromatic heterocycles. The van der Waals surface area contributed by atoms with Crippen LogP contribution in [0.2, 0.25) is 5.02 Å². The zero-order valence-electron chi connectivity index (χ0n) is 25.7. The lowest BCUT2D eigenvalue weighted by atomic mass is 9.83. The molecule has 6 rings (SSSR count). The Hall–Kier alpha value is -3.49. The second-order valence-electron chi connectivity index (χ2n) is 11.9.